The molecule has 0 saturated heterocycles. The van der Waals surface area contributed by atoms with Crippen molar-refractivity contribution in [3.8, 4) is 6.01 Å². The Labute approximate surface area is 709 Å². The van der Waals surface area contributed by atoms with Crippen LogP contribution < -0.4 is 32.3 Å². The maximum absolute atomic E-state index is 14.9. The number of thioether (sulfide) groups is 1. The van der Waals surface area contributed by atoms with Gasteiger partial charge < -0.3 is 80.4 Å². The number of hydrogen-bond acceptors (Lipinski definition) is 23. The average Bonchev–Trinajstić information content (AvgIpc) is 1.63. The van der Waals surface area contributed by atoms with Crippen LogP contribution in [0.4, 0.5) is 30.9 Å². The molecule has 672 valence electrons. The number of amides is 6. The second kappa shape index (κ2) is 58.0. The summed E-state index contributed by atoms with van der Waals surface area (Å²) in [6.07, 6.45) is 30.0. The molecule has 2 aromatic heterocycles. The number of rotatable bonds is 61. The second-order valence-corrected chi connectivity index (χ2v) is 35.9. The zero-order valence-electron chi connectivity index (χ0n) is 74.7. The van der Waals surface area contributed by atoms with E-state index >= 15 is 0 Å². The molecule has 0 radical (unpaired) electrons. The van der Waals surface area contributed by atoms with Crippen molar-refractivity contribution in [1.29, 1.82) is 0 Å². The van der Waals surface area contributed by atoms with Crippen LogP contribution in [0.15, 0.2) is 24.3 Å². The number of nitrogens with one attached hydrogen (secondary N) is 5. The lowest BCUT2D eigenvalue weighted by Crippen LogP contribution is -2.56. The number of hydrogen-bond donors (Lipinski definition) is 7. The summed E-state index contributed by atoms with van der Waals surface area (Å²) in [7, 11) is 0. The molecule has 2 heterocycles. The Bertz CT molecular complexity index is 3390. The van der Waals surface area contributed by atoms with E-state index in [0.717, 1.165) is 69.5 Å². The van der Waals surface area contributed by atoms with Crippen LogP contribution in [-0.4, -0.2) is 200 Å². The largest absolute Gasteiger partial charge is 0.480 e. The normalized spacial score (nSPS) is 12.5. The van der Waals surface area contributed by atoms with Gasteiger partial charge in [0.1, 0.15) is 53.8 Å². The molecule has 0 bridgehead atoms. The lowest BCUT2D eigenvalue weighted by atomic mass is 10.0. The quantitative estimate of drug-likeness (QED) is 0.0157. The Morgan fingerprint density at radius 1 is 0.466 bits per heavy atom. The average molecular weight is 1680 g/mol. The molecule has 3 atom stereocenters. The molecule has 29 nitrogen and oxygen atoms in total. The summed E-state index contributed by atoms with van der Waals surface area (Å²) in [6.45, 7) is 28.0. The molecular formula is C88H152N12O17S. The highest BCUT2D eigenvalue weighted by atomic mass is 32.2. The fraction of sp³-hybridized carbons (Fsp3) is 0.773. The second-order valence-electron chi connectivity index (χ2n) is 34.8. The third-order valence-corrected chi connectivity index (χ3v) is 20.0. The lowest BCUT2D eigenvalue weighted by Gasteiger charge is -2.29. The first-order valence-electron chi connectivity index (χ1n) is 44.2. The Morgan fingerprint density at radius 3 is 1.40 bits per heavy atom. The number of anilines is 2. The fourth-order valence-corrected chi connectivity index (χ4v) is 13.6. The van der Waals surface area contributed by atoms with Gasteiger partial charge in [0, 0.05) is 70.2 Å². The summed E-state index contributed by atoms with van der Waals surface area (Å²) in [6, 6.07) is 2.90. The Kier molecular flexibility index (Phi) is 51.2. The molecule has 8 N–H and O–H groups in total. The number of nitrogens with zero attached hydrogens (tertiary/aromatic N) is 6. The van der Waals surface area contributed by atoms with Crippen molar-refractivity contribution >= 4 is 88.8 Å². The van der Waals surface area contributed by atoms with Crippen LogP contribution in [0, 0.1) is 0 Å². The van der Waals surface area contributed by atoms with Crippen LogP contribution in [0.2, 0.25) is 0 Å². The molecule has 0 aliphatic rings. The number of imidazole rings is 1. The number of nitrogens with two attached hydrogens (primary N) is 1. The number of carbonyl (C=O) groups excluding carboxylic acids is 9. The molecule has 30 heteroatoms. The van der Waals surface area contributed by atoms with Crippen molar-refractivity contribution in [1.82, 2.24) is 50.6 Å². The van der Waals surface area contributed by atoms with E-state index in [-0.39, 0.29) is 118 Å². The van der Waals surface area contributed by atoms with E-state index in [2.05, 4.69) is 62.3 Å². The van der Waals surface area contributed by atoms with Gasteiger partial charge in [0.15, 0.2) is 17.0 Å². The third kappa shape index (κ3) is 49.5. The van der Waals surface area contributed by atoms with Crippen molar-refractivity contribution < 1.29 is 81.4 Å². The van der Waals surface area contributed by atoms with E-state index in [1.54, 1.807) is 100 Å². The molecule has 0 aliphatic carbocycles. The molecule has 118 heavy (non-hydrogen) atoms. The van der Waals surface area contributed by atoms with E-state index in [0.29, 0.717) is 44.2 Å². The van der Waals surface area contributed by atoms with Crippen molar-refractivity contribution in [3.05, 3.63) is 35.4 Å². The van der Waals surface area contributed by atoms with Crippen molar-refractivity contribution in [3.63, 3.8) is 0 Å². The number of aromatic nitrogens is 4. The maximum atomic E-state index is 14.9. The third-order valence-electron chi connectivity index (χ3n) is 18.8. The van der Waals surface area contributed by atoms with Gasteiger partial charge in [-0.25, -0.2) is 24.0 Å². The van der Waals surface area contributed by atoms with Crippen molar-refractivity contribution in [2.45, 2.75) is 369 Å². The SMILES string of the molecule is CCCCCCCCCCCCCCCC(=O)OCC(CSC[C@H](NC(=O)OC(C)(C)C)C(=O)N[C@@H](COC(=O)c1ccc(Cn2c(O)nc3c(N)nc(NCCCC)nc32)cc1)C(=O)NCCCN(CCCCN(CCCNC(=O)OC(C)(C)C)C(=O)OC(C)(C)C)C(=O)OC(C)(C)C)OC(=O)CCCCCCCCCCCCCCC. The minimum Gasteiger partial charge on any atom is -0.480 e. The van der Waals surface area contributed by atoms with Gasteiger partial charge in [-0.15, -0.1) is 0 Å². The van der Waals surface area contributed by atoms with E-state index < -0.39 is 101 Å². The van der Waals surface area contributed by atoms with E-state index in [4.69, 9.17) is 38.9 Å². The molecule has 0 saturated carbocycles. The Hall–Kier alpha value is -8.05. The molecule has 0 fully saturated rings. The van der Waals surface area contributed by atoms with E-state index in [1.165, 1.54) is 131 Å². The number of fused-ring (bicyclic) bond motifs is 1. The number of carbonyl (C=O) groups is 9. The smallest absolute Gasteiger partial charge is 0.410 e. The van der Waals surface area contributed by atoms with Crippen molar-refractivity contribution in [2.24, 2.45) is 0 Å². The van der Waals surface area contributed by atoms with Crippen LogP contribution in [0.5, 0.6) is 6.01 Å². The van der Waals surface area contributed by atoms with Gasteiger partial charge in [0.25, 0.3) is 6.01 Å². The van der Waals surface area contributed by atoms with Crippen LogP contribution in [-0.2, 0) is 58.9 Å². The first-order chi connectivity index (χ1) is 56.0. The summed E-state index contributed by atoms with van der Waals surface area (Å²) in [4.78, 5) is 140. The van der Waals surface area contributed by atoms with Gasteiger partial charge in [-0.05, 0) is 146 Å². The summed E-state index contributed by atoms with van der Waals surface area (Å²) in [5, 5.41) is 25.0. The van der Waals surface area contributed by atoms with Gasteiger partial charge in [-0.2, -0.15) is 26.7 Å². The van der Waals surface area contributed by atoms with Crippen LogP contribution in [0.3, 0.4) is 0 Å². The summed E-state index contributed by atoms with van der Waals surface area (Å²) in [5.74, 6) is -3.17. The fourth-order valence-electron chi connectivity index (χ4n) is 12.6. The number of aromatic hydroxyl groups is 1. The highest BCUT2D eigenvalue weighted by Gasteiger charge is 2.32. The molecule has 0 aliphatic heterocycles. The van der Waals surface area contributed by atoms with Crippen LogP contribution in [0.25, 0.3) is 11.2 Å². The number of alkyl carbamates (subject to hydrolysis) is 2. The minimum absolute atomic E-state index is 0.0402. The van der Waals surface area contributed by atoms with Gasteiger partial charge in [-0.1, -0.05) is 193 Å². The highest BCUT2D eigenvalue weighted by Crippen LogP contribution is 2.27. The number of benzene rings is 1. The first-order valence-corrected chi connectivity index (χ1v) is 45.3. The summed E-state index contributed by atoms with van der Waals surface area (Å²) < 4.78 is 41.6. The van der Waals surface area contributed by atoms with Gasteiger partial charge in [0.2, 0.25) is 17.8 Å². The van der Waals surface area contributed by atoms with Crippen molar-refractivity contribution in [2.75, 3.05) is 81.6 Å². The Morgan fingerprint density at radius 2 is 0.915 bits per heavy atom. The van der Waals surface area contributed by atoms with E-state index in [9.17, 15) is 48.3 Å². The topological polar surface area (TPSA) is 375 Å². The Balaban J connectivity index is 1.90. The maximum Gasteiger partial charge on any atom is 0.410 e. The number of esters is 3. The summed E-state index contributed by atoms with van der Waals surface area (Å²) in [5.41, 5.74) is 4.09. The molecule has 0 spiro atoms. The van der Waals surface area contributed by atoms with Gasteiger partial charge in [0.05, 0.1) is 12.1 Å². The molecule has 1 unspecified atom stereocenters. The molecule has 6 amide bonds. The minimum atomic E-state index is -1.59. The number of nitrogen functional groups attached to an aromatic ring is 1. The molecule has 3 aromatic rings. The lowest BCUT2D eigenvalue weighted by molar-refractivity contribution is -0.157. The highest BCUT2D eigenvalue weighted by molar-refractivity contribution is 7.99. The standard InChI is InChI=1S/C88H152N12O17S/c1-16-19-22-24-26-28-30-32-34-36-38-40-42-48-71(101)111-62-68(113-72(102)49-43-41-39-37-35-33-31-29-27-25-23-20-17-2)64-118-65-70(94-82(108)115-86(7,8)9)77(104)93-69(63-112-78(105)67-52-50-66(51-53-67)61-100-75-73(95-80(100)106)74(89)96-79(97-75)91-54-21-18-3)76(103)90-55-46-59-98(83(109)116-87(10,11)12)57-44-45-58-99(84(110)117-88(13,14)15)60-47-56-92-81(107)114-85(4,5)6/h50-53,68-70H,16-49,54-65H2,1-15H3,(H,90,103)(H,92,107)(H,93,104)(H,94,108)(H,95,106)(H3,89,91,96,97)/t68?,69-,70-/m0/s1. The summed E-state index contributed by atoms with van der Waals surface area (Å²) >= 11 is 1.14. The molecule has 1 aromatic carbocycles. The predicted molar refractivity (Wildman–Crippen MR) is 466 cm³/mol. The zero-order chi connectivity index (χ0) is 87.4. The monoisotopic (exact) mass is 1680 g/mol. The molecular weight excluding hydrogens is 1530 g/mol. The van der Waals surface area contributed by atoms with E-state index in [1.807, 2.05) is 0 Å². The number of unbranched alkanes of at least 4 members (excludes halogenated alkanes) is 26. The zero-order valence-corrected chi connectivity index (χ0v) is 75.5. The molecule has 3 rings (SSSR count). The van der Waals surface area contributed by atoms with Gasteiger partial charge in [-0.3, -0.25) is 23.7 Å². The van der Waals surface area contributed by atoms with Crippen LogP contribution in [0.1, 0.15) is 338 Å². The van der Waals surface area contributed by atoms with Crippen LogP contribution >= 0.6 is 11.8 Å². The van der Waals surface area contributed by atoms with Gasteiger partial charge >= 0.3 is 42.3 Å². The predicted octanol–water partition coefficient (Wildman–Crippen LogP) is 17.7. The number of ether oxygens (including phenoxy) is 7. The first kappa shape index (κ1) is 104.